The third-order valence-corrected chi connectivity index (χ3v) is 9.17. The monoisotopic (exact) mass is 607 g/mol. The summed E-state index contributed by atoms with van der Waals surface area (Å²) in [6.45, 7) is 5.98. The second kappa shape index (κ2) is 11.5. The van der Waals surface area contributed by atoms with E-state index >= 15 is 0 Å². The minimum atomic E-state index is -4.73. The lowest BCUT2D eigenvalue weighted by atomic mass is 9.74. The lowest BCUT2D eigenvalue weighted by Gasteiger charge is -2.40. The van der Waals surface area contributed by atoms with Gasteiger partial charge in [-0.25, -0.2) is 0 Å². The Morgan fingerprint density at radius 2 is 1.76 bits per heavy atom. The van der Waals surface area contributed by atoms with Crippen LogP contribution in [-0.2, 0) is 16.7 Å². The van der Waals surface area contributed by atoms with Gasteiger partial charge in [0.05, 0.1) is 28.8 Å². The summed E-state index contributed by atoms with van der Waals surface area (Å²) in [7, 11) is 0. The molecule has 0 bridgehead atoms. The number of nitriles is 1. The molecule has 1 atom stereocenters. The van der Waals surface area contributed by atoms with E-state index in [1.807, 2.05) is 32.9 Å². The topological polar surface area (TPSA) is 70.1 Å². The number of thioether (sulfide) groups is 1. The molecule has 0 aromatic heterocycles. The molecule has 0 saturated carbocycles. The highest BCUT2D eigenvalue weighted by molar-refractivity contribution is 7.98. The first-order chi connectivity index (χ1) is 19.9. The second-order valence-electron chi connectivity index (χ2n) is 10.7. The molecule has 0 radical (unpaired) electrons. The van der Waals surface area contributed by atoms with Gasteiger partial charge in [0.2, 0.25) is 0 Å². The van der Waals surface area contributed by atoms with Crippen LogP contribution in [0.25, 0.3) is 0 Å². The van der Waals surface area contributed by atoms with Crippen LogP contribution in [-0.4, -0.2) is 5.78 Å². The molecule has 4 nitrogen and oxygen atoms in total. The number of rotatable bonds is 5. The van der Waals surface area contributed by atoms with E-state index in [1.54, 1.807) is 11.8 Å². The Morgan fingerprint density at radius 1 is 1.05 bits per heavy atom. The Balaban J connectivity index is 1.66. The molecule has 1 aliphatic heterocycles. The van der Waals surface area contributed by atoms with E-state index in [1.165, 1.54) is 22.6 Å². The highest BCUT2D eigenvalue weighted by Crippen LogP contribution is 2.50. The van der Waals surface area contributed by atoms with Crippen molar-refractivity contribution in [3.63, 3.8) is 0 Å². The van der Waals surface area contributed by atoms with Crippen molar-refractivity contribution in [2.24, 2.45) is 5.73 Å². The van der Waals surface area contributed by atoms with Crippen LogP contribution in [0.5, 0.6) is 0 Å². The summed E-state index contributed by atoms with van der Waals surface area (Å²) < 4.78 is 42.6. The summed E-state index contributed by atoms with van der Waals surface area (Å²) in [5.41, 5.74) is 11.1. The van der Waals surface area contributed by atoms with E-state index in [2.05, 4.69) is 30.3 Å². The van der Waals surface area contributed by atoms with E-state index in [9.17, 15) is 23.2 Å². The predicted octanol–water partition coefficient (Wildman–Crippen LogP) is 8.88. The zero-order chi connectivity index (χ0) is 30.3. The van der Waals surface area contributed by atoms with Gasteiger partial charge >= 0.3 is 6.18 Å². The van der Waals surface area contributed by atoms with Gasteiger partial charge in [-0.2, -0.15) is 18.4 Å². The minimum absolute atomic E-state index is 0.0520. The van der Waals surface area contributed by atoms with Gasteiger partial charge in [-0.15, -0.1) is 11.8 Å². The summed E-state index contributed by atoms with van der Waals surface area (Å²) in [5, 5.41) is 10.3. The van der Waals surface area contributed by atoms with Crippen molar-refractivity contribution in [1.82, 2.24) is 0 Å². The largest absolute Gasteiger partial charge is 0.418 e. The quantitative estimate of drug-likeness (QED) is 0.293. The number of Topliss-reactive ketones (excluding diaryl/α,β-unsaturated/α-hetero) is 1. The highest BCUT2D eigenvalue weighted by Gasteiger charge is 2.43. The number of alkyl halides is 3. The fourth-order valence-electron chi connectivity index (χ4n) is 5.78. The lowest BCUT2D eigenvalue weighted by molar-refractivity contribution is -0.137. The number of hydrogen-bond donors (Lipinski definition) is 1. The van der Waals surface area contributed by atoms with Crippen LogP contribution in [0.1, 0.15) is 58.6 Å². The Hall–Kier alpha value is -3.67. The summed E-state index contributed by atoms with van der Waals surface area (Å²) in [6, 6.07) is 17.9. The van der Waals surface area contributed by atoms with Crippen molar-refractivity contribution in [3.8, 4) is 6.07 Å². The van der Waals surface area contributed by atoms with E-state index in [-0.39, 0.29) is 34.3 Å². The van der Waals surface area contributed by atoms with Crippen LogP contribution < -0.4 is 10.6 Å². The first kappa shape index (κ1) is 29.8. The van der Waals surface area contributed by atoms with Gasteiger partial charge in [-0.3, -0.25) is 9.69 Å². The molecule has 0 amide bonds. The van der Waals surface area contributed by atoms with E-state index in [0.717, 1.165) is 33.2 Å². The van der Waals surface area contributed by atoms with Gasteiger partial charge in [0.15, 0.2) is 5.78 Å². The van der Waals surface area contributed by atoms with Crippen LogP contribution >= 0.6 is 23.4 Å². The van der Waals surface area contributed by atoms with Crippen molar-refractivity contribution < 1.29 is 18.0 Å². The molecule has 5 rings (SSSR count). The summed E-state index contributed by atoms with van der Waals surface area (Å²) in [6.07, 6.45) is -3.68. The van der Waals surface area contributed by atoms with Crippen molar-refractivity contribution >= 4 is 34.8 Å². The van der Waals surface area contributed by atoms with Gasteiger partial charge in [0, 0.05) is 33.4 Å². The molecule has 0 saturated heterocycles. The molecule has 216 valence electrons. The van der Waals surface area contributed by atoms with Crippen LogP contribution in [0.4, 0.5) is 18.9 Å². The number of aryl methyl sites for hydroxylation is 3. The predicted molar refractivity (Wildman–Crippen MR) is 161 cm³/mol. The highest BCUT2D eigenvalue weighted by atomic mass is 35.5. The first-order valence-corrected chi connectivity index (χ1v) is 14.9. The first-order valence-electron chi connectivity index (χ1n) is 13.5. The summed E-state index contributed by atoms with van der Waals surface area (Å²) in [4.78, 5) is 16.0. The lowest BCUT2D eigenvalue weighted by Crippen LogP contribution is -2.39. The Kier molecular flexibility index (Phi) is 8.19. The number of allylic oxidation sites excluding steroid dienone is 3. The number of ketones is 1. The molecular formula is C33H29ClF3N3OS. The number of nitrogens with two attached hydrogens (primary N) is 1. The van der Waals surface area contributed by atoms with Crippen LogP contribution in [0.2, 0.25) is 5.02 Å². The van der Waals surface area contributed by atoms with Crippen LogP contribution in [0.15, 0.2) is 82.2 Å². The zero-order valence-electron chi connectivity index (χ0n) is 23.4. The number of carbonyl (C=O) groups is 1. The van der Waals surface area contributed by atoms with Crippen molar-refractivity contribution in [3.05, 3.63) is 116 Å². The number of carbonyl (C=O) groups excluding carboxylic acids is 1. The zero-order valence-corrected chi connectivity index (χ0v) is 25.0. The smallest absolute Gasteiger partial charge is 0.384 e. The number of nitrogens with zero attached hydrogens (tertiary/aromatic N) is 2. The third kappa shape index (κ3) is 5.56. The van der Waals surface area contributed by atoms with Gasteiger partial charge in [0.1, 0.15) is 5.82 Å². The Morgan fingerprint density at radius 3 is 2.43 bits per heavy atom. The van der Waals surface area contributed by atoms with Crippen LogP contribution in [0.3, 0.4) is 0 Å². The maximum absolute atomic E-state index is 14.2. The minimum Gasteiger partial charge on any atom is -0.384 e. The number of halogens is 4. The van der Waals surface area contributed by atoms with Crippen molar-refractivity contribution in [1.29, 1.82) is 5.26 Å². The molecule has 1 heterocycles. The number of anilines is 1. The molecule has 0 fully saturated rings. The van der Waals surface area contributed by atoms with Gasteiger partial charge in [-0.1, -0.05) is 41.4 Å². The van der Waals surface area contributed by atoms with E-state index < -0.39 is 17.7 Å². The fourth-order valence-corrected chi connectivity index (χ4v) is 6.91. The Bertz CT molecular complexity index is 1690. The molecule has 1 aliphatic carbocycles. The van der Waals surface area contributed by atoms with Crippen molar-refractivity contribution in [2.45, 2.75) is 62.8 Å². The second-order valence-corrected chi connectivity index (χ2v) is 12.2. The molecule has 42 heavy (non-hydrogen) atoms. The van der Waals surface area contributed by atoms with Crippen LogP contribution in [0, 0.1) is 32.1 Å². The van der Waals surface area contributed by atoms with E-state index in [0.29, 0.717) is 29.9 Å². The maximum Gasteiger partial charge on any atom is 0.418 e. The molecule has 3 aromatic carbocycles. The SMILES string of the molecule is Cc1ccc(SCc2cc(C3C(C#N)=C(N)N(c4ccc(Cl)cc4C(F)(F)F)C4=C3C(=O)CCC4)c(C)cc2C)cc1. The summed E-state index contributed by atoms with van der Waals surface area (Å²) >= 11 is 7.64. The van der Waals surface area contributed by atoms with Gasteiger partial charge in [0.25, 0.3) is 0 Å². The average Bonchev–Trinajstić information content (AvgIpc) is 2.93. The molecule has 2 N–H and O–H groups in total. The number of hydrogen-bond acceptors (Lipinski definition) is 5. The molecule has 0 spiro atoms. The molecular weight excluding hydrogens is 579 g/mol. The normalized spacial score (nSPS) is 17.4. The molecule has 3 aromatic rings. The maximum atomic E-state index is 14.2. The third-order valence-electron chi connectivity index (χ3n) is 7.87. The van der Waals surface area contributed by atoms with Crippen molar-refractivity contribution in [2.75, 3.05) is 4.90 Å². The molecule has 9 heteroatoms. The molecule has 1 unspecified atom stereocenters. The molecule has 2 aliphatic rings. The number of benzene rings is 3. The fraction of sp³-hybridized carbons (Fsp3) is 0.273. The standard InChI is InChI=1S/C33H29ClF3N3OS/c1-18-7-10-23(11-8-18)42-17-21-14-24(20(3)13-19(21)2)30-25(16-38)32(39)40(28-5-4-6-29(41)31(28)30)27-12-9-22(34)15-26(27)33(35,36)37/h7-15,30H,4-6,17,39H2,1-3H3. The summed E-state index contributed by atoms with van der Waals surface area (Å²) in [5.74, 6) is -0.412. The van der Waals surface area contributed by atoms with Gasteiger partial charge < -0.3 is 5.73 Å². The van der Waals surface area contributed by atoms with Gasteiger partial charge in [-0.05, 0) is 86.2 Å². The Labute approximate surface area is 252 Å². The average molecular weight is 608 g/mol. The van der Waals surface area contributed by atoms with E-state index in [4.69, 9.17) is 17.3 Å².